The molecule has 0 aliphatic rings. The van der Waals surface area contributed by atoms with Gasteiger partial charge in [0, 0.05) is 21.5 Å². The summed E-state index contributed by atoms with van der Waals surface area (Å²) in [7, 11) is 1.31. The smallest absolute Gasteiger partial charge is 0.310 e. The van der Waals surface area contributed by atoms with Crippen LogP contribution in [0.3, 0.4) is 0 Å². The lowest BCUT2D eigenvalue weighted by Gasteiger charge is -2.02. The molecule has 3 rings (SSSR count). The number of benzene rings is 2. The normalized spacial score (nSPS) is 10.8. The Kier molecular flexibility index (Phi) is 4.40. The predicted molar refractivity (Wildman–Crippen MR) is 91.6 cm³/mol. The molecule has 4 nitrogen and oxygen atoms in total. The Balaban J connectivity index is 2.14. The molecule has 0 bridgehead atoms. The highest BCUT2D eigenvalue weighted by Crippen LogP contribution is 2.29. The molecule has 0 atom stereocenters. The van der Waals surface area contributed by atoms with Crippen LogP contribution >= 0.6 is 11.6 Å². The molecule has 0 N–H and O–H groups in total. The minimum Gasteiger partial charge on any atom is -0.469 e. The standard InChI is InChI=1S/C19H15ClO4/c1-11-3-8-14-15(10-17(21)23-2)19(24-16(14)9-11)18(22)12-4-6-13(20)7-5-12/h3-9H,10H2,1-2H3. The summed E-state index contributed by atoms with van der Waals surface area (Å²) in [6.07, 6.45) is -0.0266. The highest BCUT2D eigenvalue weighted by molar-refractivity contribution is 6.30. The molecule has 3 aromatic rings. The molecule has 0 spiro atoms. The minimum atomic E-state index is -0.427. The van der Waals surface area contributed by atoms with E-state index in [2.05, 4.69) is 0 Å². The van der Waals surface area contributed by atoms with E-state index < -0.39 is 5.97 Å². The van der Waals surface area contributed by atoms with Crippen molar-refractivity contribution < 1.29 is 18.7 Å². The number of furan rings is 1. The number of hydrogen-bond acceptors (Lipinski definition) is 4. The first-order valence-electron chi connectivity index (χ1n) is 7.38. The van der Waals surface area contributed by atoms with E-state index in [1.54, 1.807) is 24.3 Å². The van der Waals surface area contributed by atoms with Gasteiger partial charge in [0.2, 0.25) is 5.78 Å². The van der Waals surface area contributed by atoms with Crippen LogP contribution in [0.25, 0.3) is 11.0 Å². The van der Waals surface area contributed by atoms with Crippen LogP contribution in [0.4, 0.5) is 0 Å². The van der Waals surface area contributed by atoms with Gasteiger partial charge >= 0.3 is 5.97 Å². The highest BCUT2D eigenvalue weighted by atomic mass is 35.5. The van der Waals surface area contributed by atoms with Crippen molar-refractivity contribution in [1.29, 1.82) is 0 Å². The van der Waals surface area contributed by atoms with E-state index >= 15 is 0 Å². The first kappa shape index (κ1) is 16.3. The number of ether oxygens (including phenoxy) is 1. The maximum absolute atomic E-state index is 12.8. The Morgan fingerprint density at radius 2 is 1.83 bits per heavy atom. The van der Waals surface area contributed by atoms with Gasteiger partial charge < -0.3 is 9.15 Å². The number of aryl methyl sites for hydroxylation is 1. The number of ketones is 1. The molecule has 0 saturated carbocycles. The van der Waals surface area contributed by atoms with Crippen LogP contribution in [0, 0.1) is 6.92 Å². The van der Waals surface area contributed by atoms with Crippen LogP contribution in [0.2, 0.25) is 5.02 Å². The van der Waals surface area contributed by atoms with Crippen molar-refractivity contribution in [3.8, 4) is 0 Å². The third-order valence-electron chi connectivity index (χ3n) is 3.81. The number of carbonyl (C=O) groups excluding carboxylic acids is 2. The van der Waals surface area contributed by atoms with Crippen LogP contribution in [-0.2, 0) is 16.0 Å². The van der Waals surface area contributed by atoms with E-state index in [4.69, 9.17) is 20.8 Å². The largest absolute Gasteiger partial charge is 0.469 e. The van der Waals surface area contributed by atoms with Crippen LogP contribution in [0.5, 0.6) is 0 Å². The summed E-state index contributed by atoms with van der Waals surface area (Å²) in [5.74, 6) is -0.564. The predicted octanol–water partition coefficient (Wildman–Crippen LogP) is 4.34. The fourth-order valence-corrected chi connectivity index (χ4v) is 2.69. The summed E-state index contributed by atoms with van der Waals surface area (Å²) in [5.41, 5.74) is 2.57. The SMILES string of the molecule is COC(=O)Cc1c(C(=O)c2ccc(Cl)cc2)oc2cc(C)ccc12. The molecule has 0 unspecified atom stereocenters. The lowest BCUT2D eigenvalue weighted by Crippen LogP contribution is -2.09. The van der Waals surface area contributed by atoms with Gasteiger partial charge in [-0.3, -0.25) is 9.59 Å². The molecule has 122 valence electrons. The van der Waals surface area contributed by atoms with Gasteiger partial charge in [-0.25, -0.2) is 0 Å². The van der Waals surface area contributed by atoms with Gasteiger partial charge in [-0.15, -0.1) is 0 Å². The fourth-order valence-electron chi connectivity index (χ4n) is 2.56. The Labute approximate surface area is 144 Å². The molecule has 0 saturated heterocycles. The Morgan fingerprint density at radius 1 is 1.12 bits per heavy atom. The lowest BCUT2D eigenvalue weighted by atomic mass is 10.0. The van der Waals surface area contributed by atoms with Crippen molar-refractivity contribution in [3.05, 3.63) is 69.9 Å². The van der Waals surface area contributed by atoms with Gasteiger partial charge in [0.15, 0.2) is 5.76 Å². The molecular weight excluding hydrogens is 328 g/mol. The summed E-state index contributed by atoms with van der Waals surface area (Å²) in [6.45, 7) is 1.93. The molecule has 1 heterocycles. The molecule has 0 aliphatic heterocycles. The van der Waals surface area contributed by atoms with Gasteiger partial charge in [-0.1, -0.05) is 23.7 Å². The van der Waals surface area contributed by atoms with Crippen molar-refractivity contribution in [2.24, 2.45) is 0 Å². The first-order valence-corrected chi connectivity index (χ1v) is 7.76. The van der Waals surface area contributed by atoms with Crippen molar-refractivity contribution in [2.75, 3.05) is 7.11 Å². The summed E-state index contributed by atoms with van der Waals surface area (Å²) in [6, 6.07) is 12.1. The van der Waals surface area contributed by atoms with Gasteiger partial charge in [0.05, 0.1) is 13.5 Å². The summed E-state index contributed by atoms with van der Waals surface area (Å²) >= 11 is 5.87. The second kappa shape index (κ2) is 6.49. The molecule has 0 amide bonds. The van der Waals surface area contributed by atoms with Crippen LogP contribution in [-0.4, -0.2) is 18.9 Å². The fraction of sp³-hybridized carbons (Fsp3) is 0.158. The van der Waals surface area contributed by atoms with Crippen LogP contribution in [0.15, 0.2) is 46.9 Å². The molecule has 1 aromatic heterocycles. The zero-order valence-electron chi connectivity index (χ0n) is 13.3. The Bertz CT molecular complexity index is 922. The monoisotopic (exact) mass is 342 g/mol. The van der Waals surface area contributed by atoms with Crippen molar-refractivity contribution in [3.63, 3.8) is 0 Å². The molecule has 0 aliphatic carbocycles. The topological polar surface area (TPSA) is 56.5 Å². The molecule has 5 heteroatoms. The average Bonchev–Trinajstić information content (AvgIpc) is 2.92. The zero-order chi connectivity index (χ0) is 17.3. The van der Waals surface area contributed by atoms with E-state index in [0.29, 0.717) is 21.7 Å². The number of fused-ring (bicyclic) bond motifs is 1. The first-order chi connectivity index (χ1) is 11.5. The maximum Gasteiger partial charge on any atom is 0.310 e. The van der Waals surface area contributed by atoms with E-state index in [1.165, 1.54) is 7.11 Å². The molecule has 2 aromatic carbocycles. The van der Waals surface area contributed by atoms with Crippen molar-refractivity contribution >= 4 is 34.3 Å². The minimum absolute atomic E-state index is 0.0266. The molecule has 0 fully saturated rings. The van der Waals surface area contributed by atoms with Gasteiger partial charge in [0.1, 0.15) is 5.58 Å². The highest BCUT2D eigenvalue weighted by Gasteiger charge is 2.23. The van der Waals surface area contributed by atoms with Gasteiger partial charge in [-0.05, 0) is 42.8 Å². The number of rotatable bonds is 4. The van der Waals surface area contributed by atoms with E-state index in [9.17, 15) is 9.59 Å². The Hall–Kier alpha value is -2.59. The van der Waals surface area contributed by atoms with Crippen LogP contribution < -0.4 is 0 Å². The quantitative estimate of drug-likeness (QED) is 0.522. The maximum atomic E-state index is 12.8. The zero-order valence-corrected chi connectivity index (χ0v) is 14.0. The second-order valence-corrected chi connectivity index (χ2v) is 5.93. The number of methoxy groups -OCH3 is 1. The van der Waals surface area contributed by atoms with E-state index in [1.807, 2.05) is 25.1 Å². The summed E-state index contributed by atoms with van der Waals surface area (Å²) in [4.78, 5) is 24.6. The van der Waals surface area contributed by atoms with E-state index in [-0.39, 0.29) is 18.0 Å². The number of carbonyl (C=O) groups is 2. The third-order valence-corrected chi connectivity index (χ3v) is 4.06. The number of hydrogen-bond donors (Lipinski definition) is 0. The summed E-state index contributed by atoms with van der Waals surface area (Å²) < 4.78 is 10.5. The van der Waals surface area contributed by atoms with Crippen LogP contribution in [0.1, 0.15) is 27.2 Å². The summed E-state index contributed by atoms with van der Waals surface area (Å²) in [5, 5.41) is 1.28. The van der Waals surface area contributed by atoms with Gasteiger partial charge in [0.25, 0.3) is 0 Å². The third kappa shape index (κ3) is 3.05. The van der Waals surface area contributed by atoms with Gasteiger partial charge in [-0.2, -0.15) is 0 Å². The molecule has 0 radical (unpaired) electrons. The number of halogens is 1. The average molecular weight is 343 g/mol. The van der Waals surface area contributed by atoms with Crippen molar-refractivity contribution in [1.82, 2.24) is 0 Å². The lowest BCUT2D eigenvalue weighted by molar-refractivity contribution is -0.139. The number of esters is 1. The van der Waals surface area contributed by atoms with E-state index in [0.717, 1.165) is 10.9 Å². The molecular formula is C19H15ClO4. The second-order valence-electron chi connectivity index (χ2n) is 5.50. The molecule has 24 heavy (non-hydrogen) atoms. The Morgan fingerprint density at radius 3 is 2.50 bits per heavy atom. The van der Waals surface area contributed by atoms with Crippen molar-refractivity contribution in [2.45, 2.75) is 13.3 Å².